The zero-order valence-electron chi connectivity index (χ0n) is 13.5. The van der Waals surface area contributed by atoms with Crippen molar-refractivity contribution in [1.82, 2.24) is 19.3 Å². The van der Waals surface area contributed by atoms with Crippen LogP contribution in [0.5, 0.6) is 0 Å². The maximum absolute atomic E-state index is 12.6. The van der Waals surface area contributed by atoms with E-state index in [2.05, 4.69) is 10.2 Å². The summed E-state index contributed by atoms with van der Waals surface area (Å²) < 4.78 is 3.14. The van der Waals surface area contributed by atoms with Gasteiger partial charge < -0.3 is 9.67 Å². The molecule has 7 heteroatoms. The topological polar surface area (TPSA) is 90.0 Å². The Morgan fingerprint density at radius 3 is 2.58 bits per heavy atom. The van der Waals surface area contributed by atoms with E-state index in [1.54, 1.807) is 42.2 Å². The lowest BCUT2D eigenvalue weighted by Gasteiger charge is -2.14. The first-order valence-corrected chi connectivity index (χ1v) is 7.31. The monoisotopic (exact) mass is 324 g/mol. The molecule has 2 aromatic heterocycles. The van der Waals surface area contributed by atoms with Crippen LogP contribution in [-0.4, -0.2) is 30.4 Å². The number of rotatable bonds is 3. The smallest absolute Gasteiger partial charge is 0.341 e. The van der Waals surface area contributed by atoms with Gasteiger partial charge in [-0.2, -0.15) is 0 Å². The molecular weight excluding hydrogens is 308 g/mol. The Labute approximate surface area is 137 Å². The third-order valence-electron chi connectivity index (χ3n) is 4.03. The molecule has 0 amide bonds. The number of pyridine rings is 1. The molecule has 0 atom stereocenters. The van der Waals surface area contributed by atoms with Crippen molar-refractivity contribution in [2.45, 2.75) is 13.8 Å². The average molecular weight is 324 g/mol. The fourth-order valence-corrected chi connectivity index (χ4v) is 2.73. The van der Waals surface area contributed by atoms with Crippen molar-refractivity contribution in [2.75, 3.05) is 0 Å². The summed E-state index contributed by atoms with van der Waals surface area (Å²) in [7, 11) is 1.84. The molecule has 3 aromatic rings. The van der Waals surface area contributed by atoms with Crippen LogP contribution in [0.1, 0.15) is 21.5 Å². The first-order valence-electron chi connectivity index (χ1n) is 7.31. The second kappa shape index (κ2) is 5.77. The SMILES string of the molecule is Cc1ccn(-c2cccc(-c3nncn3C)c2C)c(=O)c1C(=O)O. The van der Waals surface area contributed by atoms with Crippen LogP contribution in [0.15, 0.2) is 41.6 Å². The Hall–Kier alpha value is -3.22. The van der Waals surface area contributed by atoms with E-state index in [-0.39, 0.29) is 5.56 Å². The molecule has 0 saturated carbocycles. The fourth-order valence-electron chi connectivity index (χ4n) is 2.73. The van der Waals surface area contributed by atoms with Gasteiger partial charge in [-0.1, -0.05) is 12.1 Å². The van der Waals surface area contributed by atoms with E-state index in [1.165, 1.54) is 4.57 Å². The van der Waals surface area contributed by atoms with Crippen LogP contribution in [0.25, 0.3) is 17.1 Å². The number of carboxylic acids is 1. The molecule has 0 spiro atoms. The number of nitrogens with zero attached hydrogens (tertiary/aromatic N) is 4. The molecule has 7 nitrogen and oxygen atoms in total. The number of hydrogen-bond donors (Lipinski definition) is 1. The quantitative estimate of drug-likeness (QED) is 0.795. The molecule has 0 radical (unpaired) electrons. The Morgan fingerprint density at radius 2 is 1.96 bits per heavy atom. The van der Waals surface area contributed by atoms with Crippen LogP contribution < -0.4 is 5.56 Å². The summed E-state index contributed by atoms with van der Waals surface area (Å²) in [6, 6.07) is 7.09. The summed E-state index contributed by atoms with van der Waals surface area (Å²) in [5.74, 6) is -0.554. The second-order valence-electron chi connectivity index (χ2n) is 5.57. The highest BCUT2D eigenvalue weighted by Gasteiger charge is 2.17. The predicted molar refractivity (Wildman–Crippen MR) is 88.5 cm³/mol. The second-order valence-corrected chi connectivity index (χ2v) is 5.57. The normalized spacial score (nSPS) is 10.8. The summed E-state index contributed by atoms with van der Waals surface area (Å²) in [6.07, 6.45) is 3.19. The number of aromatic nitrogens is 4. The maximum Gasteiger partial charge on any atom is 0.341 e. The lowest BCUT2D eigenvalue weighted by atomic mass is 10.0. The van der Waals surface area contributed by atoms with Crippen molar-refractivity contribution in [3.05, 3.63) is 63.8 Å². The molecule has 0 bridgehead atoms. The van der Waals surface area contributed by atoms with E-state index in [9.17, 15) is 14.7 Å². The first kappa shape index (κ1) is 15.7. The number of aromatic carboxylic acids is 1. The molecule has 2 heterocycles. The number of benzene rings is 1. The molecule has 0 unspecified atom stereocenters. The highest BCUT2D eigenvalue weighted by molar-refractivity contribution is 5.89. The maximum atomic E-state index is 12.6. The third kappa shape index (κ3) is 2.40. The molecule has 24 heavy (non-hydrogen) atoms. The molecule has 1 aromatic carbocycles. The molecule has 0 aliphatic heterocycles. The Kier molecular flexibility index (Phi) is 3.76. The molecule has 1 N–H and O–H groups in total. The van der Waals surface area contributed by atoms with Crippen molar-refractivity contribution in [1.29, 1.82) is 0 Å². The zero-order chi connectivity index (χ0) is 17.4. The van der Waals surface area contributed by atoms with Gasteiger partial charge in [0.2, 0.25) is 0 Å². The van der Waals surface area contributed by atoms with Crippen LogP contribution >= 0.6 is 0 Å². The van der Waals surface area contributed by atoms with E-state index in [4.69, 9.17) is 0 Å². The largest absolute Gasteiger partial charge is 0.477 e. The van der Waals surface area contributed by atoms with Crippen LogP contribution in [0.4, 0.5) is 0 Å². The fraction of sp³-hybridized carbons (Fsp3) is 0.176. The summed E-state index contributed by atoms with van der Waals surface area (Å²) in [6.45, 7) is 3.48. The number of aryl methyl sites for hydroxylation is 2. The standard InChI is InChI=1S/C17H16N4O3/c1-10-7-8-21(16(22)14(10)17(23)24)13-6-4-5-12(11(13)2)15-19-18-9-20(15)3/h4-9H,1-3H3,(H,23,24). The van der Waals surface area contributed by atoms with Crippen molar-refractivity contribution in [3.63, 3.8) is 0 Å². The lowest BCUT2D eigenvalue weighted by Crippen LogP contribution is -2.26. The molecule has 0 aliphatic rings. The van der Waals surface area contributed by atoms with Gasteiger partial charge in [-0.15, -0.1) is 10.2 Å². The summed E-state index contributed by atoms with van der Waals surface area (Å²) >= 11 is 0. The van der Waals surface area contributed by atoms with Crippen molar-refractivity contribution >= 4 is 5.97 Å². The lowest BCUT2D eigenvalue weighted by molar-refractivity contribution is 0.0693. The third-order valence-corrected chi connectivity index (χ3v) is 4.03. The predicted octanol–water partition coefficient (Wildman–Crippen LogP) is 1.95. The van der Waals surface area contributed by atoms with E-state index < -0.39 is 11.5 Å². The molecule has 3 rings (SSSR count). The zero-order valence-corrected chi connectivity index (χ0v) is 13.5. The van der Waals surface area contributed by atoms with Gasteiger partial charge in [-0.3, -0.25) is 9.36 Å². The van der Waals surface area contributed by atoms with Gasteiger partial charge >= 0.3 is 5.97 Å². The van der Waals surface area contributed by atoms with E-state index >= 15 is 0 Å². The number of carbonyl (C=O) groups is 1. The summed E-state index contributed by atoms with van der Waals surface area (Å²) in [5.41, 5.74) is 1.92. The average Bonchev–Trinajstić information content (AvgIpc) is 2.94. The number of hydrogen-bond acceptors (Lipinski definition) is 4. The van der Waals surface area contributed by atoms with Gasteiger partial charge in [0.1, 0.15) is 11.9 Å². The molecule has 0 fully saturated rings. The van der Waals surface area contributed by atoms with Crippen molar-refractivity contribution in [3.8, 4) is 17.1 Å². The minimum atomic E-state index is -1.23. The Bertz CT molecular complexity index is 1000. The van der Waals surface area contributed by atoms with E-state index in [1.807, 2.05) is 20.0 Å². The summed E-state index contributed by atoms with van der Waals surface area (Å²) in [4.78, 5) is 24.0. The van der Waals surface area contributed by atoms with Gasteiger partial charge in [0, 0.05) is 18.8 Å². The van der Waals surface area contributed by atoms with E-state index in [0.717, 1.165) is 11.1 Å². The van der Waals surface area contributed by atoms with Gasteiger partial charge in [-0.25, -0.2) is 4.79 Å². The molecule has 122 valence electrons. The van der Waals surface area contributed by atoms with Crippen LogP contribution in [0, 0.1) is 13.8 Å². The van der Waals surface area contributed by atoms with Crippen LogP contribution in [0.3, 0.4) is 0 Å². The van der Waals surface area contributed by atoms with Gasteiger partial charge in [0.05, 0.1) is 5.69 Å². The minimum absolute atomic E-state index is 0.221. The summed E-state index contributed by atoms with van der Waals surface area (Å²) in [5, 5.41) is 17.3. The Morgan fingerprint density at radius 1 is 1.21 bits per heavy atom. The minimum Gasteiger partial charge on any atom is -0.477 e. The van der Waals surface area contributed by atoms with Crippen molar-refractivity contribution < 1.29 is 9.90 Å². The molecular formula is C17H16N4O3. The van der Waals surface area contributed by atoms with Crippen LogP contribution in [0.2, 0.25) is 0 Å². The van der Waals surface area contributed by atoms with Gasteiger partial charge in [0.25, 0.3) is 5.56 Å². The first-order chi connectivity index (χ1) is 11.4. The molecule has 0 saturated heterocycles. The van der Waals surface area contributed by atoms with Gasteiger partial charge in [0.15, 0.2) is 5.82 Å². The molecule has 0 aliphatic carbocycles. The highest BCUT2D eigenvalue weighted by atomic mass is 16.4. The van der Waals surface area contributed by atoms with E-state index in [0.29, 0.717) is 17.1 Å². The highest BCUT2D eigenvalue weighted by Crippen LogP contribution is 2.25. The van der Waals surface area contributed by atoms with Crippen LogP contribution in [-0.2, 0) is 7.05 Å². The number of carboxylic acid groups (broad SMARTS) is 1. The van der Waals surface area contributed by atoms with Crippen molar-refractivity contribution in [2.24, 2.45) is 7.05 Å². The van der Waals surface area contributed by atoms with Gasteiger partial charge in [-0.05, 0) is 37.1 Å². The Balaban J connectivity index is 2.26.